The van der Waals surface area contributed by atoms with E-state index in [2.05, 4.69) is 31.2 Å². The topological polar surface area (TPSA) is 17.1 Å². The second-order valence-corrected chi connectivity index (χ2v) is 4.85. The number of rotatable bonds is 4. The Morgan fingerprint density at radius 3 is 2.59 bits per heavy atom. The molecule has 0 bridgehead atoms. The van der Waals surface area contributed by atoms with Gasteiger partial charge in [-0.05, 0) is 54.9 Å². The molecule has 0 radical (unpaired) electrons. The third-order valence-corrected chi connectivity index (χ3v) is 3.61. The maximum atomic E-state index is 11.3. The highest BCUT2D eigenvalue weighted by Crippen LogP contribution is 2.40. The maximum absolute atomic E-state index is 11.3. The summed E-state index contributed by atoms with van der Waals surface area (Å²) < 4.78 is 0. The average molecular weight is 228 g/mol. The highest BCUT2D eigenvalue weighted by molar-refractivity contribution is 5.95. The Balaban J connectivity index is 2.39. The van der Waals surface area contributed by atoms with Gasteiger partial charge in [0.1, 0.15) is 0 Å². The van der Waals surface area contributed by atoms with E-state index in [1.807, 2.05) is 0 Å². The molecular weight excluding hydrogens is 208 g/mol. The molecule has 1 saturated carbocycles. The normalized spacial score (nSPS) is 16.7. The van der Waals surface area contributed by atoms with Crippen molar-refractivity contribution >= 4 is 11.4 Å². The van der Waals surface area contributed by atoms with Crippen LogP contribution in [0.1, 0.15) is 56.6 Å². The molecule has 1 aliphatic rings. The van der Waals surface area contributed by atoms with Gasteiger partial charge in [-0.3, -0.25) is 4.79 Å². The second kappa shape index (κ2) is 5.31. The van der Waals surface area contributed by atoms with E-state index in [1.54, 1.807) is 13.0 Å². The van der Waals surface area contributed by atoms with E-state index in [1.165, 1.54) is 36.0 Å². The first-order valence-electron chi connectivity index (χ1n) is 6.52. The SMILES string of the molecule is CC/C(=C\C(C)=O)c1ccccc1C1CCC1. The maximum Gasteiger partial charge on any atom is 0.152 e. The third kappa shape index (κ3) is 2.66. The molecule has 0 aromatic heterocycles. The minimum Gasteiger partial charge on any atom is -0.295 e. The smallest absolute Gasteiger partial charge is 0.152 e. The molecule has 0 saturated heterocycles. The van der Waals surface area contributed by atoms with Crippen LogP contribution in [-0.2, 0) is 4.79 Å². The number of benzene rings is 1. The molecule has 17 heavy (non-hydrogen) atoms. The number of carbonyl (C=O) groups is 1. The van der Waals surface area contributed by atoms with Crippen molar-refractivity contribution in [1.29, 1.82) is 0 Å². The van der Waals surface area contributed by atoms with Crippen LogP contribution in [0.25, 0.3) is 5.57 Å². The first-order valence-corrected chi connectivity index (χ1v) is 6.52. The van der Waals surface area contributed by atoms with E-state index < -0.39 is 0 Å². The van der Waals surface area contributed by atoms with Crippen LogP contribution >= 0.6 is 0 Å². The van der Waals surface area contributed by atoms with Crippen molar-refractivity contribution in [3.05, 3.63) is 41.5 Å². The van der Waals surface area contributed by atoms with Crippen LogP contribution in [0.2, 0.25) is 0 Å². The highest BCUT2D eigenvalue weighted by atomic mass is 16.1. The Bertz CT molecular complexity index is 439. The van der Waals surface area contributed by atoms with E-state index in [0.717, 1.165) is 6.42 Å². The number of carbonyl (C=O) groups excluding carboxylic acids is 1. The second-order valence-electron chi connectivity index (χ2n) is 4.85. The molecular formula is C16H20O. The van der Waals surface area contributed by atoms with Crippen LogP contribution < -0.4 is 0 Å². The lowest BCUT2D eigenvalue weighted by molar-refractivity contribution is -0.112. The van der Waals surface area contributed by atoms with Crippen LogP contribution in [0.3, 0.4) is 0 Å². The van der Waals surface area contributed by atoms with Crippen molar-refractivity contribution in [1.82, 2.24) is 0 Å². The van der Waals surface area contributed by atoms with E-state index in [-0.39, 0.29) is 5.78 Å². The zero-order chi connectivity index (χ0) is 12.3. The van der Waals surface area contributed by atoms with Gasteiger partial charge in [-0.2, -0.15) is 0 Å². The van der Waals surface area contributed by atoms with Gasteiger partial charge in [-0.1, -0.05) is 37.6 Å². The van der Waals surface area contributed by atoms with Crippen LogP contribution in [0.5, 0.6) is 0 Å². The largest absolute Gasteiger partial charge is 0.295 e. The minimum absolute atomic E-state index is 0.144. The standard InChI is InChI=1S/C16H20O/c1-3-13(11-12(2)17)15-9-4-5-10-16(15)14-7-6-8-14/h4-5,9-11,14H,3,6-8H2,1-2H3/b13-11+. The van der Waals surface area contributed by atoms with Gasteiger partial charge in [0.15, 0.2) is 5.78 Å². The fourth-order valence-corrected chi connectivity index (χ4v) is 2.48. The monoisotopic (exact) mass is 228 g/mol. The lowest BCUT2D eigenvalue weighted by atomic mass is 9.77. The molecule has 1 aromatic rings. The molecule has 1 nitrogen and oxygen atoms in total. The predicted octanol–water partition coefficient (Wildman–Crippen LogP) is 4.34. The van der Waals surface area contributed by atoms with Crippen molar-refractivity contribution < 1.29 is 4.79 Å². The molecule has 2 rings (SSSR count). The lowest BCUT2D eigenvalue weighted by Crippen LogP contribution is -2.11. The summed E-state index contributed by atoms with van der Waals surface area (Å²) in [5.41, 5.74) is 3.91. The summed E-state index contributed by atoms with van der Waals surface area (Å²) in [5.74, 6) is 0.860. The lowest BCUT2D eigenvalue weighted by Gasteiger charge is -2.28. The summed E-state index contributed by atoms with van der Waals surface area (Å²) in [5, 5.41) is 0. The molecule has 0 N–H and O–H groups in total. The van der Waals surface area contributed by atoms with Gasteiger partial charge in [0.2, 0.25) is 0 Å². The number of allylic oxidation sites excluding steroid dienone is 2. The molecule has 0 amide bonds. The zero-order valence-electron chi connectivity index (χ0n) is 10.7. The van der Waals surface area contributed by atoms with Crippen LogP contribution in [0.4, 0.5) is 0 Å². The van der Waals surface area contributed by atoms with Gasteiger partial charge in [0.05, 0.1) is 0 Å². The first-order chi connectivity index (χ1) is 8.22. The number of hydrogen-bond donors (Lipinski definition) is 0. The van der Waals surface area contributed by atoms with Gasteiger partial charge < -0.3 is 0 Å². The molecule has 0 heterocycles. The quantitative estimate of drug-likeness (QED) is 0.701. The molecule has 1 aliphatic carbocycles. The number of hydrogen-bond acceptors (Lipinski definition) is 1. The molecule has 0 aliphatic heterocycles. The summed E-state index contributed by atoms with van der Waals surface area (Å²) >= 11 is 0. The van der Waals surface area contributed by atoms with Gasteiger partial charge in [0, 0.05) is 0 Å². The van der Waals surface area contributed by atoms with Crippen LogP contribution in [0, 0.1) is 0 Å². The molecule has 90 valence electrons. The summed E-state index contributed by atoms with van der Waals surface area (Å²) in [6, 6.07) is 8.56. The summed E-state index contributed by atoms with van der Waals surface area (Å²) in [4.78, 5) is 11.3. The Labute approximate surface area is 104 Å². The fourth-order valence-electron chi connectivity index (χ4n) is 2.48. The number of ketones is 1. The summed E-state index contributed by atoms with van der Waals surface area (Å²) in [7, 11) is 0. The average Bonchev–Trinajstić information content (AvgIpc) is 2.24. The van der Waals surface area contributed by atoms with E-state index in [0.29, 0.717) is 5.92 Å². The van der Waals surface area contributed by atoms with Gasteiger partial charge in [-0.15, -0.1) is 0 Å². The van der Waals surface area contributed by atoms with Gasteiger partial charge in [0.25, 0.3) is 0 Å². The van der Waals surface area contributed by atoms with Gasteiger partial charge in [-0.25, -0.2) is 0 Å². The molecule has 1 heteroatoms. The van der Waals surface area contributed by atoms with Crippen molar-refractivity contribution in [2.45, 2.75) is 45.4 Å². The Morgan fingerprint density at radius 1 is 1.35 bits per heavy atom. The van der Waals surface area contributed by atoms with Gasteiger partial charge >= 0.3 is 0 Å². The predicted molar refractivity (Wildman–Crippen MR) is 72.0 cm³/mol. The summed E-state index contributed by atoms with van der Waals surface area (Å²) in [6.45, 7) is 3.74. The van der Waals surface area contributed by atoms with Crippen molar-refractivity contribution in [3.8, 4) is 0 Å². The highest BCUT2D eigenvalue weighted by Gasteiger charge is 2.22. The third-order valence-electron chi connectivity index (χ3n) is 3.61. The molecule has 1 aromatic carbocycles. The molecule has 0 spiro atoms. The first kappa shape index (κ1) is 12.1. The molecule has 1 fully saturated rings. The zero-order valence-corrected chi connectivity index (χ0v) is 10.7. The Kier molecular flexibility index (Phi) is 3.78. The molecule has 0 unspecified atom stereocenters. The Hall–Kier alpha value is -1.37. The van der Waals surface area contributed by atoms with Crippen molar-refractivity contribution in [2.75, 3.05) is 0 Å². The van der Waals surface area contributed by atoms with E-state index >= 15 is 0 Å². The minimum atomic E-state index is 0.144. The fraction of sp³-hybridized carbons (Fsp3) is 0.438. The van der Waals surface area contributed by atoms with Crippen LogP contribution in [0.15, 0.2) is 30.3 Å². The Morgan fingerprint density at radius 2 is 2.06 bits per heavy atom. The summed E-state index contributed by atoms with van der Waals surface area (Å²) in [6.07, 6.45) is 6.65. The molecule has 0 atom stereocenters. The van der Waals surface area contributed by atoms with E-state index in [9.17, 15) is 4.79 Å². The van der Waals surface area contributed by atoms with Crippen molar-refractivity contribution in [2.24, 2.45) is 0 Å². The van der Waals surface area contributed by atoms with Crippen molar-refractivity contribution in [3.63, 3.8) is 0 Å². The van der Waals surface area contributed by atoms with Crippen LogP contribution in [-0.4, -0.2) is 5.78 Å². The van der Waals surface area contributed by atoms with E-state index in [4.69, 9.17) is 0 Å².